The second-order valence-electron chi connectivity index (χ2n) is 5.49. The molecule has 3 rings (SSSR count). The summed E-state index contributed by atoms with van der Waals surface area (Å²) >= 11 is 4.24. The molecule has 0 spiro atoms. The van der Waals surface area contributed by atoms with Crippen LogP contribution >= 0.6 is 12.6 Å². The van der Waals surface area contributed by atoms with Gasteiger partial charge in [-0.3, -0.25) is 9.59 Å². The number of amides is 2. The van der Waals surface area contributed by atoms with Crippen molar-refractivity contribution in [2.45, 2.75) is 30.2 Å². The first-order valence-corrected chi connectivity index (χ1v) is 7.45. The highest BCUT2D eigenvalue weighted by Crippen LogP contribution is 2.27. The quantitative estimate of drug-likeness (QED) is 0.806. The second-order valence-corrected chi connectivity index (χ2v) is 6.01. The predicted octanol–water partition coefficient (Wildman–Crippen LogP) is 1.25. The lowest BCUT2D eigenvalue weighted by molar-refractivity contribution is -0.136. The van der Waals surface area contributed by atoms with Crippen molar-refractivity contribution in [2.24, 2.45) is 5.92 Å². The molecular weight excluding hydrogens is 272 g/mol. The molecule has 1 aromatic carbocycles. The molecule has 5 heteroatoms. The number of nitrogens with zero attached hydrogens (tertiary/aromatic N) is 1. The van der Waals surface area contributed by atoms with Crippen LogP contribution < -0.4 is 5.32 Å². The average Bonchev–Trinajstić information content (AvgIpc) is 2.83. The average molecular weight is 290 g/mol. The lowest BCUT2D eigenvalue weighted by Gasteiger charge is -2.36. The number of carbonyl (C=O) groups excluding carboxylic acids is 2. The zero-order valence-corrected chi connectivity index (χ0v) is 12.1. The molecule has 20 heavy (non-hydrogen) atoms. The van der Waals surface area contributed by atoms with Crippen LogP contribution in [0.3, 0.4) is 0 Å². The third-order valence-corrected chi connectivity index (χ3v) is 4.51. The first kappa shape index (κ1) is 13.5. The number of thiol groups is 1. The van der Waals surface area contributed by atoms with Gasteiger partial charge in [0.2, 0.25) is 11.8 Å². The highest BCUT2D eigenvalue weighted by molar-refractivity contribution is 7.80. The largest absolute Gasteiger partial charge is 0.354 e. The molecule has 1 aromatic rings. The molecule has 2 amide bonds. The minimum Gasteiger partial charge on any atom is -0.354 e. The van der Waals surface area contributed by atoms with E-state index in [-0.39, 0.29) is 23.8 Å². The van der Waals surface area contributed by atoms with E-state index in [0.717, 1.165) is 29.8 Å². The van der Waals surface area contributed by atoms with Crippen molar-refractivity contribution >= 4 is 24.4 Å². The van der Waals surface area contributed by atoms with Crippen LogP contribution in [0.5, 0.6) is 0 Å². The Morgan fingerprint density at radius 3 is 2.85 bits per heavy atom. The third-order valence-electron chi connectivity index (χ3n) is 4.21. The summed E-state index contributed by atoms with van der Waals surface area (Å²) in [5.41, 5.74) is 0.993. The summed E-state index contributed by atoms with van der Waals surface area (Å²) in [7, 11) is 0. The molecule has 106 valence electrons. The standard InChI is InChI=1S/C15H18N2O2S/c18-14(8-10-3-5-11(20)6-4-10)17-7-1-2-12-13(17)9-16-15(12)19/h3-6,12-13,20H,1-2,7-9H2,(H,16,19). The fourth-order valence-corrected chi connectivity index (χ4v) is 3.30. The molecule has 0 saturated carbocycles. The third kappa shape index (κ3) is 2.54. The molecule has 0 radical (unpaired) electrons. The number of piperidine rings is 1. The van der Waals surface area contributed by atoms with Crippen molar-refractivity contribution in [2.75, 3.05) is 13.1 Å². The predicted molar refractivity (Wildman–Crippen MR) is 78.6 cm³/mol. The Morgan fingerprint density at radius 2 is 2.10 bits per heavy atom. The number of hydrogen-bond acceptors (Lipinski definition) is 3. The molecule has 2 aliphatic rings. The first-order chi connectivity index (χ1) is 9.65. The van der Waals surface area contributed by atoms with E-state index in [4.69, 9.17) is 0 Å². The van der Waals surface area contributed by atoms with Crippen LogP contribution in [0.15, 0.2) is 29.2 Å². The Kier molecular flexibility index (Phi) is 3.70. The van der Waals surface area contributed by atoms with Crippen molar-refractivity contribution < 1.29 is 9.59 Å². The van der Waals surface area contributed by atoms with Gasteiger partial charge in [0.15, 0.2) is 0 Å². The molecule has 0 bridgehead atoms. The van der Waals surface area contributed by atoms with E-state index in [0.29, 0.717) is 13.0 Å². The number of rotatable bonds is 2. The van der Waals surface area contributed by atoms with E-state index in [1.54, 1.807) is 0 Å². The minimum atomic E-state index is -0.00693. The summed E-state index contributed by atoms with van der Waals surface area (Å²) in [6.07, 6.45) is 2.20. The van der Waals surface area contributed by atoms with Gasteiger partial charge < -0.3 is 10.2 Å². The van der Waals surface area contributed by atoms with Gasteiger partial charge in [0, 0.05) is 18.0 Å². The van der Waals surface area contributed by atoms with E-state index in [2.05, 4.69) is 17.9 Å². The molecule has 1 N–H and O–H groups in total. The molecule has 2 heterocycles. The molecule has 0 aromatic heterocycles. The Balaban J connectivity index is 1.70. The summed E-state index contributed by atoms with van der Waals surface area (Å²) in [5, 5.41) is 2.87. The van der Waals surface area contributed by atoms with Crippen molar-refractivity contribution in [1.29, 1.82) is 0 Å². The fraction of sp³-hybridized carbons (Fsp3) is 0.467. The maximum absolute atomic E-state index is 12.5. The van der Waals surface area contributed by atoms with Crippen molar-refractivity contribution in [3.63, 3.8) is 0 Å². The molecule has 2 atom stereocenters. The smallest absolute Gasteiger partial charge is 0.227 e. The van der Waals surface area contributed by atoms with Crippen LogP contribution in [0, 0.1) is 5.92 Å². The van der Waals surface area contributed by atoms with E-state index in [1.807, 2.05) is 29.2 Å². The molecule has 4 nitrogen and oxygen atoms in total. The summed E-state index contributed by atoms with van der Waals surface area (Å²) < 4.78 is 0. The van der Waals surface area contributed by atoms with Crippen LogP contribution in [0.2, 0.25) is 0 Å². The van der Waals surface area contributed by atoms with Crippen molar-refractivity contribution in [1.82, 2.24) is 10.2 Å². The number of nitrogens with one attached hydrogen (secondary N) is 1. The zero-order chi connectivity index (χ0) is 14.1. The van der Waals surface area contributed by atoms with Gasteiger partial charge in [-0.05, 0) is 30.5 Å². The minimum absolute atomic E-state index is 0.00693. The van der Waals surface area contributed by atoms with Crippen LogP contribution in [0.4, 0.5) is 0 Å². The van der Waals surface area contributed by atoms with Gasteiger partial charge in [-0.2, -0.15) is 0 Å². The zero-order valence-electron chi connectivity index (χ0n) is 11.2. The van der Waals surface area contributed by atoms with E-state index < -0.39 is 0 Å². The topological polar surface area (TPSA) is 49.4 Å². The van der Waals surface area contributed by atoms with Gasteiger partial charge in [0.05, 0.1) is 18.4 Å². The van der Waals surface area contributed by atoms with E-state index >= 15 is 0 Å². The van der Waals surface area contributed by atoms with Crippen LogP contribution in [0.1, 0.15) is 18.4 Å². The van der Waals surface area contributed by atoms with Crippen LogP contribution in [0.25, 0.3) is 0 Å². The van der Waals surface area contributed by atoms with Crippen LogP contribution in [-0.4, -0.2) is 35.8 Å². The Labute approximate surface area is 123 Å². The Morgan fingerprint density at radius 1 is 1.35 bits per heavy atom. The first-order valence-electron chi connectivity index (χ1n) is 7.00. The van der Waals surface area contributed by atoms with Gasteiger partial charge in [-0.15, -0.1) is 12.6 Å². The number of likely N-dealkylation sites (tertiary alicyclic amines) is 1. The second kappa shape index (κ2) is 5.48. The monoisotopic (exact) mass is 290 g/mol. The number of hydrogen-bond donors (Lipinski definition) is 2. The molecule has 2 aliphatic heterocycles. The lowest BCUT2D eigenvalue weighted by Crippen LogP contribution is -2.49. The summed E-state index contributed by atoms with van der Waals surface area (Å²) in [6.45, 7) is 1.37. The lowest BCUT2D eigenvalue weighted by atomic mass is 9.91. The maximum Gasteiger partial charge on any atom is 0.227 e. The van der Waals surface area contributed by atoms with Gasteiger partial charge >= 0.3 is 0 Å². The summed E-state index contributed by atoms with van der Waals surface area (Å²) in [4.78, 5) is 27.0. The molecule has 0 aliphatic carbocycles. The number of fused-ring (bicyclic) bond motifs is 1. The van der Waals surface area contributed by atoms with Crippen molar-refractivity contribution in [3.8, 4) is 0 Å². The summed E-state index contributed by atoms with van der Waals surface area (Å²) in [5.74, 6) is 0.211. The van der Waals surface area contributed by atoms with Gasteiger partial charge in [-0.25, -0.2) is 0 Å². The van der Waals surface area contributed by atoms with E-state index in [1.165, 1.54) is 0 Å². The highest BCUT2D eigenvalue weighted by Gasteiger charge is 2.42. The van der Waals surface area contributed by atoms with Gasteiger partial charge in [-0.1, -0.05) is 12.1 Å². The highest BCUT2D eigenvalue weighted by atomic mass is 32.1. The molecular formula is C15H18N2O2S. The van der Waals surface area contributed by atoms with E-state index in [9.17, 15) is 9.59 Å². The van der Waals surface area contributed by atoms with Crippen molar-refractivity contribution in [3.05, 3.63) is 29.8 Å². The molecule has 2 saturated heterocycles. The van der Waals surface area contributed by atoms with Crippen LogP contribution in [-0.2, 0) is 16.0 Å². The Hall–Kier alpha value is -1.49. The maximum atomic E-state index is 12.5. The molecule has 2 unspecified atom stereocenters. The summed E-state index contributed by atoms with van der Waals surface area (Å²) in [6, 6.07) is 7.70. The normalized spacial score (nSPS) is 25.2. The molecule has 2 fully saturated rings. The van der Waals surface area contributed by atoms with Gasteiger partial charge in [0.1, 0.15) is 0 Å². The van der Waals surface area contributed by atoms with Gasteiger partial charge in [0.25, 0.3) is 0 Å². The number of carbonyl (C=O) groups is 2. The Bertz CT molecular complexity index is 529. The number of benzene rings is 1. The fourth-order valence-electron chi connectivity index (χ4n) is 3.15. The SMILES string of the molecule is O=C1NCC2C1CCCN2C(=O)Cc1ccc(S)cc1.